The van der Waals surface area contributed by atoms with Gasteiger partial charge in [-0.1, -0.05) is 12.1 Å². The van der Waals surface area contributed by atoms with E-state index in [0.717, 1.165) is 16.3 Å². The predicted molar refractivity (Wildman–Crippen MR) is 81.7 cm³/mol. The largest absolute Gasteiger partial charge is 0.389 e. The summed E-state index contributed by atoms with van der Waals surface area (Å²) in [5.41, 5.74) is 2.90. The van der Waals surface area contributed by atoms with E-state index in [-0.39, 0.29) is 18.4 Å². The molecule has 22 heavy (non-hydrogen) atoms. The molecule has 114 valence electrons. The van der Waals surface area contributed by atoms with E-state index in [1.807, 2.05) is 30.5 Å². The lowest BCUT2D eigenvalue weighted by Crippen LogP contribution is -2.38. The molecule has 0 aliphatic carbocycles. The summed E-state index contributed by atoms with van der Waals surface area (Å²) < 4.78 is 1.98. The monoisotopic (exact) mass is 298 g/mol. The molecular weight excluding hydrogens is 280 g/mol. The predicted octanol–water partition coefficient (Wildman–Crippen LogP) is 1.76. The third kappa shape index (κ3) is 2.33. The van der Waals surface area contributed by atoms with Gasteiger partial charge in [0.15, 0.2) is 0 Å². The van der Waals surface area contributed by atoms with Crippen LogP contribution in [0.15, 0.2) is 36.4 Å². The van der Waals surface area contributed by atoms with Gasteiger partial charge in [-0.15, -0.1) is 0 Å². The first-order valence-corrected chi connectivity index (χ1v) is 7.25. The minimum absolute atomic E-state index is 0.00338. The molecule has 2 aromatic rings. The van der Waals surface area contributed by atoms with Crippen LogP contribution < -0.4 is 0 Å². The second-order valence-corrected chi connectivity index (χ2v) is 5.65. The summed E-state index contributed by atoms with van der Waals surface area (Å²) in [5, 5.41) is 10.3. The number of β-amino-alcohol motifs (C(OH)–C–C–N with tert-alkyl or cyclic N) is 1. The fourth-order valence-electron chi connectivity index (χ4n) is 2.87. The van der Waals surface area contributed by atoms with E-state index < -0.39 is 6.10 Å². The molecule has 1 aromatic carbocycles. The number of aromatic nitrogens is 1. The Morgan fingerprint density at radius 3 is 1.91 bits per heavy atom. The van der Waals surface area contributed by atoms with Gasteiger partial charge >= 0.3 is 0 Å². The zero-order chi connectivity index (χ0) is 15.9. The third-order valence-corrected chi connectivity index (χ3v) is 4.08. The topological polar surface area (TPSA) is 62.5 Å². The summed E-state index contributed by atoms with van der Waals surface area (Å²) in [6, 6.07) is 10.7. The van der Waals surface area contributed by atoms with Crippen LogP contribution in [0.25, 0.3) is 0 Å². The van der Waals surface area contributed by atoms with Crippen molar-refractivity contribution >= 4 is 11.8 Å². The quantitative estimate of drug-likeness (QED) is 0.875. The molecule has 0 spiro atoms. The Kier molecular flexibility index (Phi) is 3.58. The number of fused-ring (bicyclic) bond motifs is 1. The number of imide groups is 1. The Bertz CT molecular complexity index is 694. The number of carbonyl (C=O) groups excluding carboxylic acids is 2. The molecule has 5 heteroatoms. The first-order chi connectivity index (χ1) is 10.5. The first kappa shape index (κ1) is 14.5. The molecule has 0 saturated heterocycles. The van der Waals surface area contributed by atoms with Gasteiger partial charge < -0.3 is 9.67 Å². The molecule has 0 fully saturated rings. The fourth-order valence-corrected chi connectivity index (χ4v) is 2.87. The van der Waals surface area contributed by atoms with E-state index in [1.165, 1.54) is 0 Å². The molecule has 2 heterocycles. The van der Waals surface area contributed by atoms with Crippen LogP contribution in [-0.2, 0) is 6.54 Å². The lowest BCUT2D eigenvalue weighted by Gasteiger charge is -2.20. The highest BCUT2D eigenvalue weighted by atomic mass is 16.3. The highest BCUT2D eigenvalue weighted by Gasteiger charge is 2.36. The molecule has 1 atom stereocenters. The average Bonchev–Trinajstić information content (AvgIpc) is 2.94. The fraction of sp³-hybridized carbons (Fsp3) is 0.294. The van der Waals surface area contributed by atoms with Crippen LogP contribution in [0, 0.1) is 13.8 Å². The normalized spacial score (nSPS) is 15.3. The maximum Gasteiger partial charge on any atom is 0.261 e. The highest BCUT2D eigenvalue weighted by Crippen LogP contribution is 2.22. The smallest absolute Gasteiger partial charge is 0.261 e. The van der Waals surface area contributed by atoms with Gasteiger partial charge in [0.1, 0.15) is 0 Å². The minimum atomic E-state index is -0.799. The van der Waals surface area contributed by atoms with Gasteiger partial charge in [0, 0.05) is 11.4 Å². The van der Waals surface area contributed by atoms with Gasteiger partial charge in [0.2, 0.25) is 0 Å². The van der Waals surface area contributed by atoms with E-state index in [9.17, 15) is 14.7 Å². The molecule has 0 saturated carbocycles. The molecule has 1 N–H and O–H groups in total. The summed E-state index contributed by atoms with van der Waals surface area (Å²) in [4.78, 5) is 25.7. The van der Waals surface area contributed by atoms with Gasteiger partial charge in [0.25, 0.3) is 11.8 Å². The summed E-state index contributed by atoms with van der Waals surface area (Å²) >= 11 is 0. The standard InChI is InChI=1S/C17H18N2O3/c1-11-7-8-12(2)18(11)9-13(20)10-19-16(21)14-5-3-4-6-15(14)17(19)22/h3-8,13,20H,9-10H2,1-2H3/t13-/m1/s1. The molecule has 3 rings (SSSR count). The van der Waals surface area contributed by atoms with Crippen molar-refractivity contribution in [2.45, 2.75) is 26.5 Å². The third-order valence-electron chi connectivity index (χ3n) is 4.08. The number of aliphatic hydroxyl groups excluding tert-OH is 1. The molecule has 1 aromatic heterocycles. The van der Waals surface area contributed by atoms with Gasteiger partial charge in [-0.3, -0.25) is 14.5 Å². The number of hydrogen-bond donors (Lipinski definition) is 1. The number of carbonyl (C=O) groups is 2. The van der Waals surface area contributed by atoms with E-state index in [4.69, 9.17) is 0 Å². The van der Waals surface area contributed by atoms with Crippen molar-refractivity contribution < 1.29 is 14.7 Å². The number of hydrogen-bond acceptors (Lipinski definition) is 3. The van der Waals surface area contributed by atoms with E-state index >= 15 is 0 Å². The van der Waals surface area contributed by atoms with Gasteiger partial charge in [-0.05, 0) is 38.1 Å². The lowest BCUT2D eigenvalue weighted by atomic mass is 10.1. The summed E-state index contributed by atoms with van der Waals surface area (Å²) in [6.45, 7) is 4.28. The minimum Gasteiger partial charge on any atom is -0.389 e. The maximum atomic E-state index is 12.3. The van der Waals surface area contributed by atoms with Crippen molar-refractivity contribution in [1.82, 2.24) is 9.47 Å². The summed E-state index contributed by atoms with van der Waals surface area (Å²) in [7, 11) is 0. The number of benzene rings is 1. The van der Waals surface area contributed by atoms with Gasteiger partial charge in [-0.25, -0.2) is 0 Å². The second kappa shape index (κ2) is 5.42. The van der Waals surface area contributed by atoms with E-state index in [2.05, 4.69) is 0 Å². The van der Waals surface area contributed by atoms with Crippen LogP contribution in [-0.4, -0.2) is 39.0 Å². The molecule has 0 bridgehead atoms. The maximum absolute atomic E-state index is 12.3. The van der Waals surface area contributed by atoms with Crippen molar-refractivity contribution in [3.63, 3.8) is 0 Å². The number of aryl methyl sites for hydroxylation is 2. The molecule has 2 amide bonds. The lowest BCUT2D eigenvalue weighted by molar-refractivity contribution is 0.0520. The Morgan fingerprint density at radius 2 is 1.41 bits per heavy atom. The zero-order valence-corrected chi connectivity index (χ0v) is 12.6. The second-order valence-electron chi connectivity index (χ2n) is 5.65. The van der Waals surface area contributed by atoms with Crippen molar-refractivity contribution in [2.24, 2.45) is 0 Å². The highest BCUT2D eigenvalue weighted by molar-refractivity contribution is 6.21. The number of aliphatic hydroxyl groups is 1. The Balaban J connectivity index is 1.75. The van der Waals surface area contributed by atoms with Crippen LogP contribution in [0.2, 0.25) is 0 Å². The van der Waals surface area contributed by atoms with Crippen LogP contribution >= 0.6 is 0 Å². The van der Waals surface area contributed by atoms with Crippen LogP contribution in [0.5, 0.6) is 0 Å². The number of nitrogens with zero attached hydrogens (tertiary/aromatic N) is 2. The van der Waals surface area contributed by atoms with Crippen molar-refractivity contribution in [2.75, 3.05) is 6.54 Å². The van der Waals surface area contributed by atoms with Crippen LogP contribution in [0.3, 0.4) is 0 Å². The Morgan fingerprint density at radius 1 is 0.909 bits per heavy atom. The SMILES string of the molecule is Cc1ccc(C)n1C[C@@H](O)CN1C(=O)c2ccccc2C1=O. The Hall–Kier alpha value is -2.40. The molecule has 0 unspecified atom stereocenters. The van der Waals surface area contributed by atoms with Crippen molar-refractivity contribution in [1.29, 1.82) is 0 Å². The van der Waals surface area contributed by atoms with E-state index in [0.29, 0.717) is 17.7 Å². The van der Waals surface area contributed by atoms with Gasteiger partial charge in [0.05, 0.1) is 30.3 Å². The summed E-state index contributed by atoms with van der Waals surface area (Å²) in [6.07, 6.45) is -0.799. The first-order valence-electron chi connectivity index (χ1n) is 7.25. The summed E-state index contributed by atoms with van der Waals surface area (Å²) in [5.74, 6) is -0.666. The molecule has 1 aliphatic heterocycles. The van der Waals surface area contributed by atoms with Gasteiger partial charge in [-0.2, -0.15) is 0 Å². The van der Waals surface area contributed by atoms with E-state index in [1.54, 1.807) is 24.3 Å². The molecule has 5 nitrogen and oxygen atoms in total. The van der Waals surface area contributed by atoms with Crippen molar-refractivity contribution in [3.05, 3.63) is 58.9 Å². The van der Waals surface area contributed by atoms with Crippen LogP contribution in [0.4, 0.5) is 0 Å². The van der Waals surface area contributed by atoms with Crippen LogP contribution in [0.1, 0.15) is 32.1 Å². The van der Waals surface area contributed by atoms with Crippen molar-refractivity contribution in [3.8, 4) is 0 Å². The molecule has 0 radical (unpaired) electrons. The zero-order valence-electron chi connectivity index (χ0n) is 12.6. The molecule has 1 aliphatic rings. The number of amides is 2. The number of rotatable bonds is 4. The Labute approximate surface area is 128 Å². The average molecular weight is 298 g/mol. The molecular formula is C17H18N2O3.